The number of hydrogen-bond donors (Lipinski definition) is 1. The molecule has 0 spiro atoms. The van der Waals surface area contributed by atoms with Crippen LogP contribution in [-0.2, 0) is 0 Å². The van der Waals surface area contributed by atoms with Gasteiger partial charge in [0.15, 0.2) is 0 Å². The molecule has 1 unspecified atom stereocenters. The van der Waals surface area contributed by atoms with Gasteiger partial charge in [0.05, 0.1) is 0 Å². The molecule has 2 heterocycles. The zero-order valence-electron chi connectivity index (χ0n) is 10.5. The Morgan fingerprint density at radius 1 is 1.06 bits per heavy atom. The minimum absolute atomic E-state index is 0.723. The van der Waals surface area contributed by atoms with Crippen LogP contribution >= 0.6 is 0 Å². The summed E-state index contributed by atoms with van der Waals surface area (Å²) in [5, 5.41) is 3.53. The zero-order chi connectivity index (χ0) is 11.5. The lowest BCUT2D eigenvalue weighted by Crippen LogP contribution is -2.30. The predicted octanol–water partition coefficient (Wildman–Crippen LogP) is 2.75. The lowest BCUT2D eigenvalue weighted by molar-refractivity contribution is 0.461. The highest BCUT2D eigenvalue weighted by molar-refractivity contribution is 5.56. The van der Waals surface area contributed by atoms with Crippen molar-refractivity contribution in [1.82, 2.24) is 5.32 Å². The van der Waals surface area contributed by atoms with E-state index in [4.69, 9.17) is 0 Å². The van der Waals surface area contributed by atoms with Crippen molar-refractivity contribution in [2.24, 2.45) is 0 Å². The highest BCUT2D eigenvalue weighted by Gasteiger charge is 2.21. The Morgan fingerprint density at radius 2 is 1.88 bits per heavy atom. The fourth-order valence-corrected chi connectivity index (χ4v) is 3.20. The second-order valence-corrected chi connectivity index (χ2v) is 5.30. The number of rotatable bonds is 2. The third-order valence-electron chi connectivity index (χ3n) is 4.12. The van der Waals surface area contributed by atoms with E-state index in [9.17, 15) is 0 Å². The number of anilines is 1. The third-order valence-corrected chi connectivity index (χ3v) is 4.12. The average molecular weight is 230 g/mol. The monoisotopic (exact) mass is 230 g/mol. The predicted molar refractivity (Wildman–Crippen MR) is 72.7 cm³/mol. The molecule has 3 rings (SSSR count). The molecular formula is C15H22N2. The van der Waals surface area contributed by atoms with Gasteiger partial charge in [-0.05, 0) is 49.8 Å². The fourth-order valence-electron chi connectivity index (χ4n) is 3.20. The molecule has 0 amide bonds. The summed E-state index contributed by atoms with van der Waals surface area (Å²) in [5.74, 6) is 0.723. The maximum Gasteiger partial charge on any atom is 0.0402 e. The molecule has 0 saturated carbocycles. The first-order valence-corrected chi connectivity index (χ1v) is 7.00. The van der Waals surface area contributed by atoms with Crippen LogP contribution in [0, 0.1) is 0 Å². The van der Waals surface area contributed by atoms with Crippen molar-refractivity contribution in [3.8, 4) is 0 Å². The highest BCUT2D eigenvalue weighted by atomic mass is 15.1. The minimum Gasteiger partial charge on any atom is -0.371 e. The van der Waals surface area contributed by atoms with E-state index in [-0.39, 0.29) is 0 Å². The van der Waals surface area contributed by atoms with Crippen LogP contribution in [-0.4, -0.2) is 26.2 Å². The number of hydrogen-bond acceptors (Lipinski definition) is 2. The molecule has 2 fully saturated rings. The van der Waals surface area contributed by atoms with Gasteiger partial charge in [-0.15, -0.1) is 0 Å². The van der Waals surface area contributed by atoms with Crippen LogP contribution in [0.1, 0.15) is 37.2 Å². The van der Waals surface area contributed by atoms with Gasteiger partial charge in [-0.1, -0.05) is 18.2 Å². The summed E-state index contributed by atoms with van der Waals surface area (Å²) < 4.78 is 0. The van der Waals surface area contributed by atoms with Crippen LogP contribution in [0.5, 0.6) is 0 Å². The lowest BCUT2D eigenvalue weighted by Gasteiger charge is -2.29. The molecule has 1 aromatic rings. The van der Waals surface area contributed by atoms with Gasteiger partial charge >= 0.3 is 0 Å². The molecule has 1 aromatic carbocycles. The molecule has 0 aliphatic carbocycles. The fraction of sp³-hybridized carbons (Fsp3) is 0.600. The van der Waals surface area contributed by atoms with Gasteiger partial charge in [0.2, 0.25) is 0 Å². The van der Waals surface area contributed by atoms with Crippen molar-refractivity contribution in [2.75, 3.05) is 31.1 Å². The minimum atomic E-state index is 0.723. The molecule has 0 radical (unpaired) electrons. The van der Waals surface area contributed by atoms with E-state index in [0.717, 1.165) is 12.5 Å². The number of para-hydroxylation sites is 1. The molecule has 17 heavy (non-hydrogen) atoms. The van der Waals surface area contributed by atoms with Gasteiger partial charge < -0.3 is 10.2 Å². The van der Waals surface area contributed by atoms with Gasteiger partial charge in [-0.25, -0.2) is 0 Å². The van der Waals surface area contributed by atoms with E-state index in [2.05, 4.69) is 34.5 Å². The first-order valence-electron chi connectivity index (χ1n) is 7.00. The van der Waals surface area contributed by atoms with E-state index in [0.29, 0.717) is 0 Å². The number of nitrogens with one attached hydrogen (secondary N) is 1. The third kappa shape index (κ3) is 2.32. The average Bonchev–Trinajstić information content (AvgIpc) is 2.94. The second kappa shape index (κ2) is 5.09. The topological polar surface area (TPSA) is 15.3 Å². The van der Waals surface area contributed by atoms with Crippen LogP contribution in [0.25, 0.3) is 0 Å². The number of benzene rings is 1. The Labute approximate surface area is 104 Å². The first-order chi connectivity index (χ1) is 8.45. The van der Waals surface area contributed by atoms with E-state index < -0.39 is 0 Å². The molecule has 0 bridgehead atoms. The lowest BCUT2D eigenvalue weighted by atomic mass is 9.90. The standard InChI is InChI=1S/C15H22N2/c1-2-8-15(17-10-3-4-11-17)14(7-1)13-6-5-9-16-12-13/h1-2,7-8,13,16H,3-6,9-12H2. The normalized spacial score (nSPS) is 25.2. The van der Waals surface area contributed by atoms with Crippen molar-refractivity contribution in [3.05, 3.63) is 29.8 Å². The molecule has 2 saturated heterocycles. The zero-order valence-corrected chi connectivity index (χ0v) is 10.5. The van der Waals surface area contributed by atoms with Crippen LogP contribution in [0.15, 0.2) is 24.3 Å². The van der Waals surface area contributed by atoms with Crippen LogP contribution in [0.3, 0.4) is 0 Å². The molecule has 2 nitrogen and oxygen atoms in total. The number of piperidine rings is 1. The first kappa shape index (κ1) is 11.1. The van der Waals surface area contributed by atoms with Gasteiger partial charge in [-0.2, -0.15) is 0 Å². The Morgan fingerprint density at radius 3 is 2.65 bits per heavy atom. The smallest absolute Gasteiger partial charge is 0.0402 e. The summed E-state index contributed by atoms with van der Waals surface area (Å²) in [6.45, 7) is 4.85. The van der Waals surface area contributed by atoms with E-state index in [1.807, 2.05) is 0 Å². The maximum atomic E-state index is 3.53. The van der Waals surface area contributed by atoms with Crippen molar-refractivity contribution in [3.63, 3.8) is 0 Å². The Bertz CT molecular complexity index is 363. The van der Waals surface area contributed by atoms with Crippen molar-refractivity contribution < 1.29 is 0 Å². The second-order valence-electron chi connectivity index (χ2n) is 5.30. The van der Waals surface area contributed by atoms with Crippen LogP contribution in [0.2, 0.25) is 0 Å². The van der Waals surface area contributed by atoms with Gasteiger partial charge in [0.25, 0.3) is 0 Å². The SMILES string of the molecule is c1ccc(N2CCCC2)c(C2CCCNC2)c1. The Hall–Kier alpha value is -1.02. The van der Waals surface area contributed by atoms with Gasteiger partial charge in [0.1, 0.15) is 0 Å². The maximum absolute atomic E-state index is 3.53. The summed E-state index contributed by atoms with van der Waals surface area (Å²) in [4.78, 5) is 2.57. The summed E-state index contributed by atoms with van der Waals surface area (Å²) in [6, 6.07) is 9.04. The quantitative estimate of drug-likeness (QED) is 0.840. The molecule has 1 N–H and O–H groups in total. The molecule has 2 aliphatic heterocycles. The largest absolute Gasteiger partial charge is 0.371 e. The van der Waals surface area contributed by atoms with Gasteiger partial charge in [-0.3, -0.25) is 0 Å². The number of nitrogens with zero attached hydrogens (tertiary/aromatic N) is 1. The molecule has 1 atom stereocenters. The molecule has 2 aliphatic rings. The summed E-state index contributed by atoms with van der Waals surface area (Å²) >= 11 is 0. The Kier molecular flexibility index (Phi) is 3.32. The summed E-state index contributed by atoms with van der Waals surface area (Å²) in [5.41, 5.74) is 3.07. The molecular weight excluding hydrogens is 208 g/mol. The van der Waals surface area contributed by atoms with Gasteiger partial charge in [0, 0.05) is 25.3 Å². The molecule has 0 aromatic heterocycles. The Balaban J connectivity index is 1.86. The van der Waals surface area contributed by atoms with Crippen molar-refractivity contribution in [2.45, 2.75) is 31.6 Å². The van der Waals surface area contributed by atoms with E-state index in [1.54, 1.807) is 5.56 Å². The van der Waals surface area contributed by atoms with E-state index >= 15 is 0 Å². The van der Waals surface area contributed by atoms with E-state index in [1.165, 1.54) is 51.0 Å². The molecule has 2 heteroatoms. The van der Waals surface area contributed by atoms with Crippen molar-refractivity contribution in [1.29, 1.82) is 0 Å². The van der Waals surface area contributed by atoms with Crippen LogP contribution < -0.4 is 10.2 Å². The molecule has 92 valence electrons. The van der Waals surface area contributed by atoms with Crippen LogP contribution in [0.4, 0.5) is 5.69 Å². The van der Waals surface area contributed by atoms with Crippen molar-refractivity contribution >= 4 is 5.69 Å². The highest BCUT2D eigenvalue weighted by Crippen LogP contribution is 2.33. The summed E-state index contributed by atoms with van der Waals surface area (Å²) in [7, 11) is 0. The summed E-state index contributed by atoms with van der Waals surface area (Å²) in [6.07, 6.45) is 5.38.